The summed E-state index contributed by atoms with van der Waals surface area (Å²) in [5.74, 6) is -0.984. The number of hydrogen-bond acceptors (Lipinski definition) is 3. The van der Waals surface area contributed by atoms with Crippen molar-refractivity contribution in [2.75, 3.05) is 5.32 Å². The number of fused-ring (bicyclic) bond motifs is 1. The summed E-state index contributed by atoms with van der Waals surface area (Å²) in [4.78, 5) is 24.1. The summed E-state index contributed by atoms with van der Waals surface area (Å²) in [6.45, 7) is 0.199. The van der Waals surface area contributed by atoms with Crippen LogP contribution in [-0.4, -0.2) is 22.1 Å². The normalized spacial score (nSPS) is 10.7. The fourth-order valence-corrected chi connectivity index (χ4v) is 3.30. The SMILES string of the molecule is NC(=O)c1cccc2[nH]nc(-c3ccccc3CNC(=O)Nc3cccc(F)c3)c12. The number of nitrogens with zero attached hydrogens (tertiary/aromatic N) is 1. The van der Waals surface area contributed by atoms with E-state index in [1.54, 1.807) is 18.2 Å². The van der Waals surface area contributed by atoms with Crippen LogP contribution in [0.25, 0.3) is 22.2 Å². The van der Waals surface area contributed by atoms with Gasteiger partial charge >= 0.3 is 6.03 Å². The minimum atomic E-state index is -0.548. The number of hydrogen-bond donors (Lipinski definition) is 4. The van der Waals surface area contributed by atoms with Crippen molar-refractivity contribution < 1.29 is 14.0 Å². The first-order chi connectivity index (χ1) is 14.5. The largest absolute Gasteiger partial charge is 0.366 e. The van der Waals surface area contributed by atoms with Gasteiger partial charge in [-0.25, -0.2) is 9.18 Å². The molecule has 0 aliphatic carbocycles. The Balaban J connectivity index is 1.60. The van der Waals surface area contributed by atoms with Crippen molar-refractivity contribution in [3.63, 3.8) is 0 Å². The molecule has 0 unspecified atom stereocenters. The summed E-state index contributed by atoms with van der Waals surface area (Å²) in [5, 5.41) is 13.3. The van der Waals surface area contributed by atoms with E-state index in [0.29, 0.717) is 27.8 Å². The number of carbonyl (C=O) groups is 2. The number of nitrogens with two attached hydrogens (primary N) is 1. The molecule has 4 rings (SSSR count). The number of nitrogens with one attached hydrogen (secondary N) is 3. The Kier molecular flexibility index (Phi) is 5.13. The van der Waals surface area contributed by atoms with E-state index in [0.717, 1.165) is 11.1 Å². The average Bonchev–Trinajstić information content (AvgIpc) is 3.16. The Morgan fingerprint density at radius 1 is 1.03 bits per heavy atom. The fourth-order valence-electron chi connectivity index (χ4n) is 3.30. The number of rotatable bonds is 5. The number of benzene rings is 3. The van der Waals surface area contributed by atoms with Gasteiger partial charge < -0.3 is 16.4 Å². The van der Waals surface area contributed by atoms with Gasteiger partial charge in [-0.15, -0.1) is 0 Å². The first-order valence-corrected chi connectivity index (χ1v) is 9.18. The first kappa shape index (κ1) is 19.1. The lowest BCUT2D eigenvalue weighted by atomic mass is 9.99. The van der Waals surface area contributed by atoms with Gasteiger partial charge in [0.15, 0.2) is 0 Å². The number of carbonyl (C=O) groups excluding carboxylic acids is 2. The van der Waals surface area contributed by atoms with E-state index in [9.17, 15) is 14.0 Å². The molecule has 0 aliphatic heterocycles. The van der Waals surface area contributed by atoms with Crippen LogP contribution in [0.5, 0.6) is 0 Å². The second kappa shape index (κ2) is 8.04. The fraction of sp³-hybridized carbons (Fsp3) is 0.0455. The molecule has 0 fully saturated rings. The molecule has 30 heavy (non-hydrogen) atoms. The van der Waals surface area contributed by atoms with E-state index < -0.39 is 17.8 Å². The van der Waals surface area contributed by atoms with Crippen LogP contribution in [0.4, 0.5) is 14.9 Å². The van der Waals surface area contributed by atoms with E-state index in [-0.39, 0.29) is 6.54 Å². The topological polar surface area (TPSA) is 113 Å². The molecule has 3 aromatic carbocycles. The summed E-state index contributed by atoms with van der Waals surface area (Å²) in [6, 6.07) is 17.8. The molecular weight excluding hydrogens is 385 g/mol. The highest BCUT2D eigenvalue weighted by atomic mass is 19.1. The van der Waals surface area contributed by atoms with Crippen LogP contribution < -0.4 is 16.4 Å². The number of primary amides is 1. The quantitative estimate of drug-likeness (QED) is 0.407. The van der Waals surface area contributed by atoms with Gasteiger partial charge in [0.05, 0.1) is 11.1 Å². The van der Waals surface area contributed by atoms with Crippen molar-refractivity contribution in [3.8, 4) is 11.3 Å². The maximum absolute atomic E-state index is 13.3. The predicted molar refractivity (Wildman–Crippen MR) is 112 cm³/mol. The van der Waals surface area contributed by atoms with Gasteiger partial charge in [-0.05, 0) is 35.9 Å². The van der Waals surface area contributed by atoms with Crippen LogP contribution in [0.15, 0.2) is 66.7 Å². The molecule has 0 aliphatic rings. The summed E-state index contributed by atoms with van der Waals surface area (Å²) >= 11 is 0. The standard InChI is InChI=1S/C22H18FN5O2/c23-14-6-3-7-15(11-14)26-22(30)25-12-13-5-1-2-8-16(13)20-19-17(21(24)29)9-4-10-18(19)27-28-20/h1-11H,12H2,(H2,24,29)(H,27,28)(H2,25,26,30). The molecule has 0 saturated carbocycles. The molecule has 4 aromatic rings. The Morgan fingerprint density at radius 3 is 2.63 bits per heavy atom. The smallest absolute Gasteiger partial charge is 0.319 e. The molecular formula is C22H18FN5O2. The molecule has 0 atom stereocenters. The molecule has 0 radical (unpaired) electrons. The third-order valence-corrected chi connectivity index (χ3v) is 4.65. The van der Waals surface area contributed by atoms with Gasteiger partial charge in [-0.1, -0.05) is 36.4 Å². The monoisotopic (exact) mass is 403 g/mol. The van der Waals surface area contributed by atoms with Gasteiger partial charge in [-0.3, -0.25) is 9.89 Å². The summed E-state index contributed by atoms with van der Waals surface area (Å²) in [6.07, 6.45) is 0. The Bertz CT molecular complexity index is 1250. The van der Waals surface area contributed by atoms with E-state index in [4.69, 9.17) is 5.73 Å². The number of anilines is 1. The van der Waals surface area contributed by atoms with Crippen molar-refractivity contribution in [1.82, 2.24) is 15.5 Å². The molecule has 5 N–H and O–H groups in total. The third-order valence-electron chi connectivity index (χ3n) is 4.65. The summed E-state index contributed by atoms with van der Waals surface area (Å²) in [5.41, 5.74) is 9.05. The molecule has 8 heteroatoms. The first-order valence-electron chi connectivity index (χ1n) is 9.18. The van der Waals surface area contributed by atoms with Gasteiger partial charge in [0, 0.05) is 23.2 Å². The van der Waals surface area contributed by atoms with Crippen molar-refractivity contribution >= 4 is 28.5 Å². The maximum atomic E-state index is 13.3. The van der Waals surface area contributed by atoms with Crippen LogP contribution in [0.2, 0.25) is 0 Å². The van der Waals surface area contributed by atoms with Crippen molar-refractivity contribution in [1.29, 1.82) is 0 Å². The van der Waals surface area contributed by atoms with Crippen LogP contribution in [0, 0.1) is 5.82 Å². The molecule has 7 nitrogen and oxygen atoms in total. The minimum absolute atomic E-state index is 0.199. The lowest BCUT2D eigenvalue weighted by molar-refractivity contribution is 0.100. The molecule has 0 saturated heterocycles. The van der Waals surface area contributed by atoms with Crippen LogP contribution in [0.3, 0.4) is 0 Å². The van der Waals surface area contributed by atoms with Gasteiger partial charge in [0.1, 0.15) is 11.5 Å². The summed E-state index contributed by atoms with van der Waals surface area (Å²) < 4.78 is 13.3. The maximum Gasteiger partial charge on any atom is 0.319 e. The zero-order chi connectivity index (χ0) is 21.1. The predicted octanol–water partition coefficient (Wildman–Crippen LogP) is 3.79. The number of aromatic nitrogens is 2. The van der Waals surface area contributed by atoms with Crippen molar-refractivity contribution in [3.05, 3.63) is 83.7 Å². The van der Waals surface area contributed by atoms with Crippen molar-refractivity contribution in [2.45, 2.75) is 6.54 Å². The Morgan fingerprint density at radius 2 is 1.83 bits per heavy atom. The number of halogens is 1. The Labute approximate surface area is 171 Å². The average molecular weight is 403 g/mol. The van der Waals surface area contributed by atoms with Crippen molar-refractivity contribution in [2.24, 2.45) is 5.73 Å². The Hall–Kier alpha value is -4.20. The summed E-state index contributed by atoms with van der Waals surface area (Å²) in [7, 11) is 0. The molecule has 1 aromatic heterocycles. The van der Waals surface area contributed by atoms with E-state index in [2.05, 4.69) is 20.8 Å². The molecule has 3 amide bonds. The molecule has 0 spiro atoms. The molecule has 1 heterocycles. The third kappa shape index (κ3) is 3.83. The second-order valence-corrected chi connectivity index (χ2v) is 6.64. The van der Waals surface area contributed by atoms with E-state index in [1.165, 1.54) is 18.2 Å². The molecule has 150 valence electrons. The van der Waals surface area contributed by atoms with Crippen LogP contribution in [-0.2, 0) is 6.54 Å². The van der Waals surface area contributed by atoms with E-state index in [1.807, 2.05) is 30.3 Å². The van der Waals surface area contributed by atoms with Crippen LogP contribution >= 0.6 is 0 Å². The second-order valence-electron chi connectivity index (χ2n) is 6.64. The van der Waals surface area contributed by atoms with Gasteiger partial charge in [0.25, 0.3) is 0 Å². The zero-order valence-electron chi connectivity index (χ0n) is 15.8. The number of urea groups is 1. The van der Waals surface area contributed by atoms with E-state index >= 15 is 0 Å². The zero-order valence-corrected chi connectivity index (χ0v) is 15.8. The van der Waals surface area contributed by atoms with Gasteiger partial charge in [0.2, 0.25) is 5.91 Å². The lowest BCUT2D eigenvalue weighted by Gasteiger charge is -2.11. The number of aromatic amines is 1. The molecule has 0 bridgehead atoms. The highest BCUT2D eigenvalue weighted by Crippen LogP contribution is 2.31. The number of H-pyrrole nitrogens is 1. The highest BCUT2D eigenvalue weighted by Gasteiger charge is 2.17. The lowest BCUT2D eigenvalue weighted by Crippen LogP contribution is -2.28. The van der Waals surface area contributed by atoms with Gasteiger partial charge in [-0.2, -0.15) is 5.10 Å². The number of amides is 3. The minimum Gasteiger partial charge on any atom is -0.366 e. The highest BCUT2D eigenvalue weighted by molar-refractivity contribution is 6.10. The van der Waals surface area contributed by atoms with Crippen LogP contribution in [0.1, 0.15) is 15.9 Å².